The number of rotatable bonds is 6. The summed E-state index contributed by atoms with van der Waals surface area (Å²) in [5.74, 6) is -0.315. The van der Waals surface area contributed by atoms with Gasteiger partial charge < -0.3 is 20.8 Å². The number of nitrogens with one attached hydrogen (secondary N) is 2. The van der Waals surface area contributed by atoms with Crippen molar-refractivity contribution in [3.8, 4) is 0 Å². The van der Waals surface area contributed by atoms with Gasteiger partial charge in [-0.1, -0.05) is 0 Å². The summed E-state index contributed by atoms with van der Waals surface area (Å²) >= 11 is 0. The Morgan fingerprint density at radius 3 is 2.76 bits per heavy atom. The maximum absolute atomic E-state index is 13.3. The van der Waals surface area contributed by atoms with Crippen LogP contribution in [0, 0.1) is 5.82 Å². The molecular formula is C10H17FN4O2. The lowest BCUT2D eigenvalue weighted by Gasteiger charge is -2.21. The molecule has 0 aliphatic rings. The van der Waals surface area contributed by atoms with Crippen LogP contribution in [-0.2, 0) is 0 Å². The second kappa shape index (κ2) is 5.74. The van der Waals surface area contributed by atoms with Gasteiger partial charge >= 0.3 is 0 Å². The molecule has 0 aromatic carbocycles. The summed E-state index contributed by atoms with van der Waals surface area (Å²) in [5, 5.41) is 23.9. The molecule has 0 spiro atoms. The van der Waals surface area contributed by atoms with E-state index in [-0.39, 0.29) is 12.4 Å². The van der Waals surface area contributed by atoms with Gasteiger partial charge in [0, 0.05) is 13.1 Å². The first-order chi connectivity index (χ1) is 7.98. The molecule has 6 nitrogen and oxygen atoms in total. The molecule has 7 heteroatoms. The van der Waals surface area contributed by atoms with E-state index in [0.29, 0.717) is 12.5 Å². The molecule has 1 rings (SSSR count). The van der Waals surface area contributed by atoms with E-state index in [1.807, 2.05) is 6.92 Å². The largest absolute Gasteiger partial charge is 0.393 e. The topological polar surface area (TPSA) is 90.3 Å². The molecule has 1 heterocycles. The van der Waals surface area contributed by atoms with E-state index in [1.54, 1.807) is 0 Å². The Balaban J connectivity index is 2.72. The molecule has 0 aliphatic heterocycles. The minimum Gasteiger partial charge on any atom is -0.393 e. The minimum absolute atomic E-state index is 0.00956. The first kappa shape index (κ1) is 13.6. The first-order valence-electron chi connectivity index (χ1n) is 5.32. The molecule has 1 aromatic heterocycles. The average molecular weight is 244 g/mol. The van der Waals surface area contributed by atoms with Crippen LogP contribution < -0.4 is 10.6 Å². The highest BCUT2D eigenvalue weighted by molar-refractivity contribution is 5.41. The summed E-state index contributed by atoms with van der Waals surface area (Å²) < 4.78 is 13.3. The van der Waals surface area contributed by atoms with E-state index < -0.39 is 18.0 Å². The van der Waals surface area contributed by atoms with Gasteiger partial charge in [-0.3, -0.25) is 0 Å². The van der Waals surface area contributed by atoms with Crippen molar-refractivity contribution in [2.75, 3.05) is 30.3 Å². The SMILES string of the molecule is CCNc1ncc(F)c(NCC(C)(O)CO)n1. The van der Waals surface area contributed by atoms with Crippen LogP contribution in [0.5, 0.6) is 0 Å². The van der Waals surface area contributed by atoms with E-state index in [2.05, 4.69) is 20.6 Å². The maximum Gasteiger partial charge on any atom is 0.224 e. The molecule has 4 N–H and O–H groups in total. The molecule has 0 radical (unpaired) electrons. The third-order valence-corrected chi connectivity index (χ3v) is 2.06. The summed E-state index contributed by atoms with van der Waals surface area (Å²) in [6.45, 7) is 3.50. The zero-order valence-electron chi connectivity index (χ0n) is 9.87. The summed E-state index contributed by atoms with van der Waals surface area (Å²) in [7, 11) is 0. The number of anilines is 2. The highest BCUT2D eigenvalue weighted by Gasteiger charge is 2.19. The van der Waals surface area contributed by atoms with E-state index in [1.165, 1.54) is 6.92 Å². The molecule has 1 atom stereocenters. The fourth-order valence-corrected chi connectivity index (χ4v) is 1.06. The number of aliphatic hydroxyl groups is 2. The van der Waals surface area contributed by atoms with Gasteiger partial charge in [-0.15, -0.1) is 0 Å². The molecular weight excluding hydrogens is 227 g/mol. The van der Waals surface area contributed by atoms with Crippen LogP contribution in [-0.4, -0.2) is 45.5 Å². The van der Waals surface area contributed by atoms with Gasteiger partial charge in [0.15, 0.2) is 11.6 Å². The van der Waals surface area contributed by atoms with Crippen molar-refractivity contribution in [3.63, 3.8) is 0 Å². The van der Waals surface area contributed by atoms with Crippen molar-refractivity contribution in [1.82, 2.24) is 9.97 Å². The lowest BCUT2D eigenvalue weighted by atomic mass is 10.1. The van der Waals surface area contributed by atoms with Crippen molar-refractivity contribution in [2.24, 2.45) is 0 Å². The number of hydrogen-bond acceptors (Lipinski definition) is 6. The molecule has 0 saturated heterocycles. The van der Waals surface area contributed by atoms with Crippen molar-refractivity contribution >= 4 is 11.8 Å². The standard InChI is InChI=1S/C10H17FN4O2/c1-3-12-9-13-4-7(11)8(15-9)14-5-10(2,17)6-16/h4,16-17H,3,5-6H2,1-2H3,(H2,12,13,14,15). The maximum atomic E-state index is 13.3. The number of hydrogen-bond donors (Lipinski definition) is 4. The van der Waals surface area contributed by atoms with E-state index >= 15 is 0 Å². The lowest BCUT2D eigenvalue weighted by Crippen LogP contribution is -2.37. The van der Waals surface area contributed by atoms with Gasteiger partial charge in [-0.05, 0) is 13.8 Å². The molecule has 17 heavy (non-hydrogen) atoms. The van der Waals surface area contributed by atoms with Crippen molar-refractivity contribution < 1.29 is 14.6 Å². The van der Waals surface area contributed by atoms with Gasteiger partial charge in [0.25, 0.3) is 0 Å². The van der Waals surface area contributed by atoms with Crippen LogP contribution in [0.4, 0.5) is 16.2 Å². The van der Waals surface area contributed by atoms with E-state index in [9.17, 15) is 9.50 Å². The first-order valence-corrected chi connectivity index (χ1v) is 5.32. The Morgan fingerprint density at radius 2 is 2.18 bits per heavy atom. The zero-order valence-corrected chi connectivity index (χ0v) is 9.87. The Hall–Kier alpha value is -1.47. The van der Waals surface area contributed by atoms with Crippen molar-refractivity contribution in [3.05, 3.63) is 12.0 Å². The monoisotopic (exact) mass is 244 g/mol. The highest BCUT2D eigenvalue weighted by atomic mass is 19.1. The third kappa shape index (κ3) is 4.12. The number of nitrogens with zero attached hydrogens (tertiary/aromatic N) is 2. The van der Waals surface area contributed by atoms with Gasteiger partial charge in [-0.2, -0.15) is 4.98 Å². The van der Waals surface area contributed by atoms with Gasteiger partial charge in [0.1, 0.15) is 5.60 Å². The van der Waals surface area contributed by atoms with Crippen LogP contribution in [0.25, 0.3) is 0 Å². The molecule has 1 unspecified atom stereocenters. The molecule has 0 bridgehead atoms. The Kier molecular flexibility index (Phi) is 4.59. The zero-order chi connectivity index (χ0) is 12.9. The molecule has 0 saturated carbocycles. The third-order valence-electron chi connectivity index (χ3n) is 2.06. The molecule has 0 fully saturated rings. The Labute approximate surface area is 98.9 Å². The summed E-state index contributed by atoms with van der Waals surface area (Å²) in [6.07, 6.45) is 1.04. The fraction of sp³-hybridized carbons (Fsp3) is 0.600. The van der Waals surface area contributed by atoms with Crippen molar-refractivity contribution in [2.45, 2.75) is 19.4 Å². The number of aromatic nitrogens is 2. The van der Waals surface area contributed by atoms with Crippen molar-refractivity contribution in [1.29, 1.82) is 0 Å². The van der Waals surface area contributed by atoms with Crippen LogP contribution in [0.15, 0.2) is 6.20 Å². The Morgan fingerprint density at radius 1 is 1.47 bits per heavy atom. The van der Waals surface area contributed by atoms with Crippen LogP contribution in [0.2, 0.25) is 0 Å². The quantitative estimate of drug-likeness (QED) is 0.571. The summed E-state index contributed by atoms with van der Waals surface area (Å²) in [6, 6.07) is 0. The van der Waals surface area contributed by atoms with Gasteiger partial charge in [0.2, 0.25) is 5.95 Å². The van der Waals surface area contributed by atoms with Gasteiger partial charge in [0.05, 0.1) is 12.8 Å². The van der Waals surface area contributed by atoms with Gasteiger partial charge in [-0.25, -0.2) is 9.37 Å². The van der Waals surface area contributed by atoms with E-state index in [0.717, 1.165) is 6.20 Å². The molecule has 0 amide bonds. The smallest absolute Gasteiger partial charge is 0.224 e. The average Bonchev–Trinajstić information content (AvgIpc) is 2.30. The Bertz CT molecular complexity index is 373. The highest BCUT2D eigenvalue weighted by Crippen LogP contribution is 2.13. The lowest BCUT2D eigenvalue weighted by molar-refractivity contribution is 0.0131. The van der Waals surface area contributed by atoms with E-state index in [4.69, 9.17) is 5.11 Å². The molecule has 96 valence electrons. The molecule has 1 aromatic rings. The van der Waals surface area contributed by atoms with Crippen LogP contribution in [0.1, 0.15) is 13.8 Å². The predicted molar refractivity (Wildman–Crippen MR) is 62.4 cm³/mol. The predicted octanol–water partition coefficient (Wildman–Crippen LogP) is 0.203. The molecule has 0 aliphatic carbocycles. The summed E-state index contributed by atoms with van der Waals surface area (Å²) in [5.41, 5.74) is -1.32. The normalized spacial score (nSPS) is 14.2. The second-order valence-corrected chi connectivity index (χ2v) is 3.93. The fourth-order valence-electron chi connectivity index (χ4n) is 1.06. The number of aliphatic hydroxyl groups excluding tert-OH is 1. The summed E-state index contributed by atoms with van der Waals surface area (Å²) in [4.78, 5) is 7.64. The number of halogens is 1. The van der Waals surface area contributed by atoms with Crippen LogP contribution in [0.3, 0.4) is 0 Å². The second-order valence-electron chi connectivity index (χ2n) is 3.93. The minimum atomic E-state index is -1.32. The van der Waals surface area contributed by atoms with Crippen LogP contribution >= 0.6 is 0 Å².